The van der Waals surface area contributed by atoms with Crippen molar-refractivity contribution in [3.63, 3.8) is 0 Å². The minimum Gasteiger partial charge on any atom is -0.463 e. The van der Waals surface area contributed by atoms with Gasteiger partial charge in [0.15, 0.2) is 0 Å². The van der Waals surface area contributed by atoms with Gasteiger partial charge in [0.25, 0.3) is 0 Å². The Kier molecular flexibility index (Phi) is 7.79. The van der Waals surface area contributed by atoms with Crippen molar-refractivity contribution < 1.29 is 14.3 Å². The zero-order chi connectivity index (χ0) is 24.8. The first kappa shape index (κ1) is 24.4. The van der Waals surface area contributed by atoms with E-state index in [0.717, 1.165) is 43.4 Å². The fourth-order valence-corrected chi connectivity index (χ4v) is 5.38. The molecular weight excluding hydrogens is 462 g/mol. The number of hydrogen-bond acceptors (Lipinski definition) is 9. The fraction of sp³-hybridized carbons (Fsp3) is 0.385. The van der Waals surface area contributed by atoms with Gasteiger partial charge in [-0.25, -0.2) is 9.78 Å². The summed E-state index contributed by atoms with van der Waals surface area (Å²) in [6.07, 6.45) is 8.28. The number of carbonyl (C=O) groups is 1. The molecule has 0 spiro atoms. The summed E-state index contributed by atoms with van der Waals surface area (Å²) in [5.41, 5.74) is 3.44. The standard InChI is InChI=1S/C26H25N5O3S/c1-2-33-26(32)23-21(34-24(29)19(13-28)22(23)17-8-6-10-30-14-17)15-35-25-18(12-27)11-16-7-4-3-5-9-20(16)31-25/h6,8,10-11,14,19,22,29H,2-5,7,9,15H2,1H3. The van der Waals surface area contributed by atoms with Gasteiger partial charge in [0.2, 0.25) is 5.90 Å². The summed E-state index contributed by atoms with van der Waals surface area (Å²) in [5.74, 6) is -2.18. The summed E-state index contributed by atoms with van der Waals surface area (Å²) in [6.45, 7) is 1.86. The van der Waals surface area contributed by atoms with Gasteiger partial charge >= 0.3 is 5.97 Å². The third kappa shape index (κ3) is 5.21. The highest BCUT2D eigenvalue weighted by Gasteiger charge is 2.42. The molecule has 0 saturated heterocycles. The Bertz CT molecular complexity index is 1250. The topological polar surface area (TPSA) is 133 Å². The molecule has 9 heteroatoms. The SMILES string of the molecule is CCOC(=O)C1=C(CSc2nc3c(cc2C#N)CCCCC3)OC(=N)C(C#N)C1c1cccnc1. The van der Waals surface area contributed by atoms with Gasteiger partial charge in [-0.2, -0.15) is 10.5 Å². The molecule has 0 saturated carbocycles. The van der Waals surface area contributed by atoms with E-state index >= 15 is 0 Å². The largest absolute Gasteiger partial charge is 0.463 e. The van der Waals surface area contributed by atoms with E-state index in [9.17, 15) is 15.3 Å². The van der Waals surface area contributed by atoms with Gasteiger partial charge in [-0.05, 0) is 55.9 Å². The molecule has 2 atom stereocenters. The van der Waals surface area contributed by atoms with Crippen LogP contribution in [0, 0.1) is 34.0 Å². The van der Waals surface area contributed by atoms with E-state index in [1.807, 2.05) is 6.07 Å². The molecule has 2 aromatic rings. The molecule has 4 rings (SSSR count). The minimum absolute atomic E-state index is 0.155. The van der Waals surface area contributed by atoms with Crippen LogP contribution >= 0.6 is 11.8 Å². The number of esters is 1. The second-order valence-corrected chi connectivity index (χ2v) is 9.27. The highest BCUT2D eigenvalue weighted by Crippen LogP contribution is 2.41. The number of hydrogen-bond donors (Lipinski definition) is 1. The first-order valence-corrected chi connectivity index (χ1v) is 12.6. The summed E-state index contributed by atoms with van der Waals surface area (Å²) >= 11 is 1.29. The number of rotatable bonds is 6. The molecule has 0 radical (unpaired) electrons. The summed E-state index contributed by atoms with van der Waals surface area (Å²) in [7, 11) is 0. The van der Waals surface area contributed by atoms with Gasteiger partial charge in [-0.1, -0.05) is 24.2 Å². The average molecular weight is 488 g/mol. The summed E-state index contributed by atoms with van der Waals surface area (Å²) < 4.78 is 11.1. The van der Waals surface area contributed by atoms with Crippen molar-refractivity contribution in [3.05, 3.63) is 64.3 Å². The maximum absolute atomic E-state index is 13.1. The van der Waals surface area contributed by atoms with Crippen LogP contribution < -0.4 is 0 Å². The lowest BCUT2D eigenvalue weighted by atomic mass is 9.79. The molecule has 0 aromatic carbocycles. The van der Waals surface area contributed by atoms with Gasteiger partial charge in [-0.15, -0.1) is 0 Å². The summed E-state index contributed by atoms with van der Waals surface area (Å²) in [4.78, 5) is 22.0. The van der Waals surface area contributed by atoms with Gasteiger partial charge < -0.3 is 9.47 Å². The molecule has 1 aliphatic heterocycles. The second-order valence-electron chi connectivity index (χ2n) is 8.30. The Morgan fingerprint density at radius 3 is 2.86 bits per heavy atom. The fourth-order valence-electron chi connectivity index (χ4n) is 4.47. The van der Waals surface area contributed by atoms with Crippen molar-refractivity contribution >= 4 is 23.6 Å². The predicted octanol–water partition coefficient (Wildman–Crippen LogP) is 4.46. The van der Waals surface area contributed by atoms with Gasteiger partial charge in [-0.3, -0.25) is 10.4 Å². The molecule has 0 amide bonds. The normalized spacial score (nSPS) is 19.6. The monoisotopic (exact) mass is 487 g/mol. The number of nitrogens with one attached hydrogen (secondary N) is 1. The van der Waals surface area contributed by atoms with Crippen molar-refractivity contribution in [1.82, 2.24) is 9.97 Å². The lowest BCUT2D eigenvalue weighted by Crippen LogP contribution is -2.34. The zero-order valence-corrected chi connectivity index (χ0v) is 20.2. The first-order chi connectivity index (χ1) is 17.1. The minimum atomic E-state index is -0.993. The second kappa shape index (κ2) is 11.2. The quantitative estimate of drug-likeness (QED) is 0.359. The van der Waals surface area contributed by atoms with Gasteiger partial charge in [0, 0.05) is 24.0 Å². The molecule has 1 N–H and O–H groups in total. The van der Waals surface area contributed by atoms with Crippen LogP contribution in [0.5, 0.6) is 0 Å². The number of nitriles is 2. The van der Waals surface area contributed by atoms with Crippen LogP contribution in [0.25, 0.3) is 0 Å². The molecule has 8 nitrogen and oxygen atoms in total. The van der Waals surface area contributed by atoms with E-state index in [2.05, 4.69) is 17.1 Å². The lowest BCUT2D eigenvalue weighted by Gasteiger charge is -2.31. The number of ether oxygens (including phenoxy) is 2. The number of aromatic nitrogens is 2. The summed E-state index contributed by atoms with van der Waals surface area (Å²) in [6, 6.07) is 9.76. The molecule has 0 bridgehead atoms. The van der Waals surface area contributed by atoms with Crippen LogP contribution in [0.15, 0.2) is 47.0 Å². The molecule has 178 valence electrons. The number of carbonyl (C=O) groups excluding carboxylic acids is 1. The van der Waals surface area contributed by atoms with Crippen molar-refractivity contribution in [2.45, 2.75) is 50.0 Å². The Morgan fingerprint density at radius 1 is 1.31 bits per heavy atom. The van der Waals surface area contributed by atoms with Crippen LogP contribution in [0.3, 0.4) is 0 Å². The van der Waals surface area contributed by atoms with E-state index in [1.165, 1.54) is 11.8 Å². The number of fused-ring (bicyclic) bond motifs is 1. The molecule has 1 aliphatic carbocycles. The van der Waals surface area contributed by atoms with E-state index in [1.54, 1.807) is 31.5 Å². The van der Waals surface area contributed by atoms with E-state index in [0.29, 0.717) is 16.2 Å². The number of aryl methyl sites for hydroxylation is 2. The highest BCUT2D eigenvalue weighted by atomic mass is 32.2. The molecule has 2 aliphatic rings. The van der Waals surface area contributed by atoms with Crippen molar-refractivity contribution in [3.8, 4) is 12.1 Å². The number of pyridine rings is 2. The average Bonchev–Trinajstić information content (AvgIpc) is 3.11. The molecule has 2 unspecified atom stereocenters. The maximum atomic E-state index is 13.1. The van der Waals surface area contributed by atoms with Gasteiger partial charge in [0.05, 0.1) is 29.6 Å². The molecule has 3 heterocycles. The van der Waals surface area contributed by atoms with Crippen molar-refractivity contribution in [1.29, 1.82) is 15.9 Å². The van der Waals surface area contributed by atoms with E-state index in [-0.39, 0.29) is 29.6 Å². The van der Waals surface area contributed by atoms with Crippen LogP contribution in [-0.2, 0) is 27.1 Å². The predicted molar refractivity (Wildman–Crippen MR) is 129 cm³/mol. The smallest absolute Gasteiger partial charge is 0.338 e. The number of nitrogens with zero attached hydrogens (tertiary/aromatic N) is 4. The maximum Gasteiger partial charge on any atom is 0.338 e. The molecule has 2 aromatic heterocycles. The van der Waals surface area contributed by atoms with Crippen molar-refractivity contribution in [2.24, 2.45) is 5.92 Å². The molecular formula is C26H25N5O3S. The van der Waals surface area contributed by atoms with Crippen LogP contribution in [0.1, 0.15) is 54.5 Å². The van der Waals surface area contributed by atoms with Crippen molar-refractivity contribution in [2.75, 3.05) is 12.4 Å². The Labute approximate surface area is 208 Å². The molecule has 35 heavy (non-hydrogen) atoms. The lowest BCUT2D eigenvalue weighted by molar-refractivity contribution is -0.139. The van der Waals surface area contributed by atoms with Crippen LogP contribution in [-0.4, -0.2) is 34.2 Å². The Balaban J connectivity index is 1.74. The van der Waals surface area contributed by atoms with E-state index in [4.69, 9.17) is 19.9 Å². The highest BCUT2D eigenvalue weighted by molar-refractivity contribution is 7.99. The third-order valence-corrected chi connectivity index (χ3v) is 7.11. The zero-order valence-electron chi connectivity index (χ0n) is 19.4. The first-order valence-electron chi connectivity index (χ1n) is 11.6. The van der Waals surface area contributed by atoms with Gasteiger partial charge in [0.1, 0.15) is 22.8 Å². The number of thioether (sulfide) groups is 1. The van der Waals surface area contributed by atoms with Crippen LogP contribution in [0.4, 0.5) is 0 Å². The third-order valence-electron chi connectivity index (χ3n) is 6.11. The van der Waals surface area contributed by atoms with Crippen LogP contribution in [0.2, 0.25) is 0 Å². The molecule has 0 fully saturated rings. The Morgan fingerprint density at radius 2 is 2.14 bits per heavy atom. The summed E-state index contributed by atoms with van der Waals surface area (Å²) in [5, 5.41) is 28.5. The van der Waals surface area contributed by atoms with E-state index < -0.39 is 17.8 Å². The Hall–Kier alpha value is -3.69.